The highest BCUT2D eigenvalue weighted by molar-refractivity contribution is 9.10. The summed E-state index contributed by atoms with van der Waals surface area (Å²) in [5, 5.41) is 12.3. The average molecular weight is 350 g/mol. The van der Waals surface area contributed by atoms with Crippen LogP contribution in [0.3, 0.4) is 0 Å². The number of nitrogens with one attached hydrogen (secondary N) is 1. The number of amides is 1. The topological polar surface area (TPSA) is 58.6 Å². The Hall–Kier alpha value is -1.85. The Kier molecular flexibility index (Phi) is 4.98. The SMILES string of the molecule is CC(=O)Nc1ccccc1Oc1ccc(C(C)O)c(Br)c1. The van der Waals surface area contributed by atoms with Crippen molar-refractivity contribution < 1.29 is 14.6 Å². The van der Waals surface area contributed by atoms with Gasteiger partial charge in [0.25, 0.3) is 0 Å². The molecule has 0 saturated carbocycles. The fraction of sp³-hybridized carbons (Fsp3) is 0.188. The van der Waals surface area contributed by atoms with Crippen LogP contribution < -0.4 is 10.1 Å². The van der Waals surface area contributed by atoms with E-state index in [1.165, 1.54) is 6.92 Å². The molecule has 2 aromatic rings. The molecule has 0 radical (unpaired) electrons. The van der Waals surface area contributed by atoms with Gasteiger partial charge in [-0.3, -0.25) is 4.79 Å². The van der Waals surface area contributed by atoms with Crippen LogP contribution in [0.25, 0.3) is 0 Å². The lowest BCUT2D eigenvalue weighted by Gasteiger charge is -2.13. The van der Waals surface area contributed by atoms with Crippen molar-refractivity contribution in [1.29, 1.82) is 0 Å². The van der Waals surface area contributed by atoms with E-state index >= 15 is 0 Å². The molecule has 1 amide bonds. The zero-order valence-electron chi connectivity index (χ0n) is 11.8. The zero-order chi connectivity index (χ0) is 15.4. The minimum atomic E-state index is -0.555. The van der Waals surface area contributed by atoms with Gasteiger partial charge in [-0.05, 0) is 36.8 Å². The molecule has 0 bridgehead atoms. The number of hydrogen-bond acceptors (Lipinski definition) is 3. The molecule has 0 heterocycles. The summed E-state index contributed by atoms with van der Waals surface area (Å²) < 4.78 is 6.57. The van der Waals surface area contributed by atoms with Crippen LogP contribution in [0.4, 0.5) is 5.69 Å². The van der Waals surface area contributed by atoms with E-state index in [1.807, 2.05) is 12.1 Å². The van der Waals surface area contributed by atoms with E-state index in [-0.39, 0.29) is 5.91 Å². The highest BCUT2D eigenvalue weighted by Gasteiger charge is 2.09. The first kappa shape index (κ1) is 15.5. The molecule has 2 aromatic carbocycles. The molecule has 0 aliphatic heterocycles. The van der Waals surface area contributed by atoms with Crippen molar-refractivity contribution in [2.75, 3.05) is 5.32 Å². The highest BCUT2D eigenvalue weighted by Crippen LogP contribution is 2.33. The quantitative estimate of drug-likeness (QED) is 0.867. The van der Waals surface area contributed by atoms with Gasteiger partial charge in [-0.2, -0.15) is 0 Å². The molecule has 0 aliphatic rings. The molecule has 110 valence electrons. The minimum Gasteiger partial charge on any atom is -0.455 e. The molecule has 21 heavy (non-hydrogen) atoms. The molecule has 1 unspecified atom stereocenters. The third-order valence-corrected chi connectivity index (χ3v) is 3.53. The Morgan fingerprint density at radius 2 is 2.00 bits per heavy atom. The molecule has 4 nitrogen and oxygen atoms in total. The molecule has 0 spiro atoms. The number of para-hydroxylation sites is 2. The van der Waals surface area contributed by atoms with Crippen molar-refractivity contribution >= 4 is 27.5 Å². The molecule has 2 rings (SSSR count). The van der Waals surface area contributed by atoms with Gasteiger partial charge >= 0.3 is 0 Å². The first-order valence-electron chi connectivity index (χ1n) is 6.49. The maximum atomic E-state index is 11.2. The maximum Gasteiger partial charge on any atom is 0.221 e. The van der Waals surface area contributed by atoms with Gasteiger partial charge in [-0.25, -0.2) is 0 Å². The largest absolute Gasteiger partial charge is 0.455 e. The zero-order valence-corrected chi connectivity index (χ0v) is 13.3. The van der Waals surface area contributed by atoms with Gasteiger partial charge in [0.1, 0.15) is 5.75 Å². The fourth-order valence-corrected chi connectivity index (χ4v) is 2.57. The summed E-state index contributed by atoms with van der Waals surface area (Å²) >= 11 is 3.41. The first-order chi connectivity index (χ1) is 9.97. The average Bonchev–Trinajstić information content (AvgIpc) is 2.40. The molecule has 0 aromatic heterocycles. The Morgan fingerprint density at radius 3 is 2.62 bits per heavy atom. The molecule has 5 heteroatoms. The summed E-state index contributed by atoms with van der Waals surface area (Å²) in [7, 11) is 0. The van der Waals surface area contributed by atoms with E-state index in [9.17, 15) is 9.90 Å². The van der Waals surface area contributed by atoms with Gasteiger partial charge in [-0.15, -0.1) is 0 Å². The Bertz CT molecular complexity index is 656. The molecule has 0 saturated heterocycles. The number of carbonyl (C=O) groups is 1. The maximum absolute atomic E-state index is 11.2. The van der Waals surface area contributed by atoms with Crippen LogP contribution in [0, 0.1) is 0 Å². The van der Waals surface area contributed by atoms with E-state index in [4.69, 9.17) is 4.74 Å². The lowest BCUT2D eigenvalue weighted by Crippen LogP contribution is -2.06. The highest BCUT2D eigenvalue weighted by atomic mass is 79.9. The minimum absolute atomic E-state index is 0.156. The van der Waals surface area contributed by atoms with Gasteiger partial charge < -0.3 is 15.2 Å². The Morgan fingerprint density at radius 1 is 1.29 bits per heavy atom. The normalized spacial score (nSPS) is 11.8. The number of halogens is 1. The van der Waals surface area contributed by atoms with Crippen LogP contribution in [0.1, 0.15) is 25.5 Å². The van der Waals surface area contributed by atoms with Crippen molar-refractivity contribution in [2.45, 2.75) is 20.0 Å². The molecule has 0 fully saturated rings. The van der Waals surface area contributed by atoms with Crippen molar-refractivity contribution in [2.24, 2.45) is 0 Å². The van der Waals surface area contributed by atoms with Gasteiger partial charge in [0.15, 0.2) is 5.75 Å². The van der Waals surface area contributed by atoms with Crippen LogP contribution in [-0.4, -0.2) is 11.0 Å². The lowest BCUT2D eigenvalue weighted by molar-refractivity contribution is -0.114. The number of benzene rings is 2. The third kappa shape index (κ3) is 4.06. The number of hydrogen-bond donors (Lipinski definition) is 2. The lowest BCUT2D eigenvalue weighted by atomic mass is 10.1. The standard InChI is InChI=1S/C16H16BrNO3/c1-10(19)13-8-7-12(9-14(13)17)21-16-6-4-3-5-15(16)18-11(2)20/h3-10,19H,1-2H3,(H,18,20). The van der Waals surface area contributed by atoms with Crippen LogP contribution in [0.15, 0.2) is 46.9 Å². The van der Waals surface area contributed by atoms with Crippen LogP contribution >= 0.6 is 15.9 Å². The van der Waals surface area contributed by atoms with Crippen LogP contribution in [-0.2, 0) is 4.79 Å². The monoisotopic (exact) mass is 349 g/mol. The predicted octanol–water partition coefficient (Wildman–Crippen LogP) is 4.25. The second-order valence-corrected chi connectivity index (χ2v) is 5.49. The van der Waals surface area contributed by atoms with E-state index in [0.29, 0.717) is 17.2 Å². The second-order valence-electron chi connectivity index (χ2n) is 4.64. The van der Waals surface area contributed by atoms with Crippen LogP contribution in [0.2, 0.25) is 0 Å². The van der Waals surface area contributed by atoms with Crippen molar-refractivity contribution in [3.05, 3.63) is 52.5 Å². The van der Waals surface area contributed by atoms with Gasteiger partial charge in [0.2, 0.25) is 5.91 Å². The number of rotatable bonds is 4. The summed E-state index contributed by atoms with van der Waals surface area (Å²) in [6.45, 7) is 3.15. The number of ether oxygens (including phenoxy) is 1. The number of carbonyl (C=O) groups excluding carboxylic acids is 1. The molecule has 2 N–H and O–H groups in total. The van der Waals surface area contributed by atoms with Gasteiger partial charge in [-0.1, -0.05) is 34.1 Å². The smallest absolute Gasteiger partial charge is 0.221 e. The summed E-state index contributed by atoms with van der Waals surface area (Å²) in [4.78, 5) is 11.2. The third-order valence-electron chi connectivity index (χ3n) is 2.85. The van der Waals surface area contributed by atoms with Crippen LogP contribution in [0.5, 0.6) is 11.5 Å². The molecular formula is C16H16BrNO3. The Balaban J connectivity index is 2.26. The van der Waals surface area contributed by atoms with E-state index in [1.54, 1.807) is 37.3 Å². The predicted molar refractivity (Wildman–Crippen MR) is 85.6 cm³/mol. The van der Waals surface area contributed by atoms with Crippen molar-refractivity contribution in [1.82, 2.24) is 0 Å². The Labute approximate surface area is 131 Å². The number of aliphatic hydroxyl groups excluding tert-OH is 1. The van der Waals surface area contributed by atoms with E-state index < -0.39 is 6.10 Å². The van der Waals surface area contributed by atoms with Crippen molar-refractivity contribution in [3.63, 3.8) is 0 Å². The first-order valence-corrected chi connectivity index (χ1v) is 7.28. The van der Waals surface area contributed by atoms with Gasteiger partial charge in [0.05, 0.1) is 11.8 Å². The van der Waals surface area contributed by atoms with E-state index in [0.717, 1.165) is 10.0 Å². The fourth-order valence-electron chi connectivity index (χ4n) is 1.89. The molecule has 1 atom stereocenters. The number of anilines is 1. The second kappa shape index (κ2) is 6.74. The summed E-state index contributed by atoms with van der Waals surface area (Å²) in [6, 6.07) is 12.6. The molecule has 0 aliphatic carbocycles. The van der Waals surface area contributed by atoms with Crippen molar-refractivity contribution in [3.8, 4) is 11.5 Å². The van der Waals surface area contributed by atoms with Gasteiger partial charge in [0, 0.05) is 11.4 Å². The van der Waals surface area contributed by atoms with E-state index in [2.05, 4.69) is 21.2 Å². The number of aliphatic hydroxyl groups is 1. The summed E-state index contributed by atoms with van der Waals surface area (Å²) in [5.41, 5.74) is 1.40. The summed E-state index contributed by atoms with van der Waals surface area (Å²) in [5.74, 6) is 1.02. The summed E-state index contributed by atoms with van der Waals surface area (Å²) in [6.07, 6.45) is -0.555. The molecular weight excluding hydrogens is 334 g/mol.